The predicted molar refractivity (Wildman–Crippen MR) is 105 cm³/mol. The van der Waals surface area contributed by atoms with Crippen molar-refractivity contribution in [3.63, 3.8) is 0 Å². The number of thiophene rings is 1. The largest absolute Gasteiger partial charge is 0.356 e. The first-order valence-electron chi connectivity index (χ1n) is 8.45. The summed E-state index contributed by atoms with van der Waals surface area (Å²) < 4.78 is 0. The molecule has 7 heteroatoms. The van der Waals surface area contributed by atoms with Crippen molar-refractivity contribution in [3.8, 4) is 0 Å². The molecule has 0 aromatic carbocycles. The van der Waals surface area contributed by atoms with Crippen LogP contribution in [0.5, 0.6) is 0 Å². The third-order valence-corrected chi connectivity index (χ3v) is 5.92. The maximum Gasteiger partial charge on any atom is 0.223 e. The fourth-order valence-corrected chi connectivity index (χ4v) is 4.12. The molecule has 1 aromatic heterocycles. The number of piperidine rings is 1. The van der Waals surface area contributed by atoms with Crippen LogP contribution in [0.25, 0.3) is 0 Å². The summed E-state index contributed by atoms with van der Waals surface area (Å²) in [5, 5.41) is 8.58. The van der Waals surface area contributed by atoms with Gasteiger partial charge in [0.15, 0.2) is 0 Å². The Morgan fingerprint density at radius 1 is 1.46 bits per heavy atom. The molecule has 3 rings (SSSR count). The molecule has 2 aliphatic heterocycles. The molecular formula is C17H29Cl2N3OS. The lowest BCUT2D eigenvalue weighted by molar-refractivity contribution is -0.127. The summed E-state index contributed by atoms with van der Waals surface area (Å²) in [4.78, 5) is 16.2. The van der Waals surface area contributed by atoms with Crippen molar-refractivity contribution in [1.82, 2.24) is 15.5 Å². The molecular weight excluding hydrogens is 365 g/mol. The quantitative estimate of drug-likeness (QED) is 0.780. The van der Waals surface area contributed by atoms with Crippen molar-refractivity contribution in [2.45, 2.75) is 26.3 Å². The number of carbonyl (C=O) groups is 1. The minimum Gasteiger partial charge on any atom is -0.356 e. The van der Waals surface area contributed by atoms with Crippen molar-refractivity contribution < 1.29 is 4.79 Å². The Kier molecular flexibility index (Phi) is 9.60. The molecule has 2 fully saturated rings. The van der Waals surface area contributed by atoms with E-state index in [0.29, 0.717) is 11.8 Å². The standard InChI is InChI=1S/C17H27N3OS.2ClH/c1-13(15-9-18-10-15)17(21)19-8-14-4-2-6-20(11-14)12-16-5-3-7-22-16;;/h3,5,7,13-15,18H,2,4,6,8-12H2,1H3,(H,19,21);2*1H. The monoisotopic (exact) mass is 393 g/mol. The Balaban J connectivity index is 0.00000144. The summed E-state index contributed by atoms with van der Waals surface area (Å²) in [5.41, 5.74) is 0. The smallest absolute Gasteiger partial charge is 0.223 e. The Morgan fingerprint density at radius 3 is 2.88 bits per heavy atom. The molecule has 1 amide bonds. The number of likely N-dealkylation sites (tertiary alicyclic amines) is 1. The Morgan fingerprint density at radius 2 is 2.25 bits per heavy atom. The number of hydrogen-bond acceptors (Lipinski definition) is 4. The van der Waals surface area contributed by atoms with E-state index in [-0.39, 0.29) is 36.6 Å². The molecule has 2 unspecified atom stereocenters. The number of nitrogens with zero attached hydrogens (tertiary/aromatic N) is 1. The van der Waals surface area contributed by atoms with Crippen molar-refractivity contribution in [2.24, 2.45) is 17.8 Å². The molecule has 3 heterocycles. The van der Waals surface area contributed by atoms with Crippen LogP contribution >= 0.6 is 36.2 Å². The number of amides is 1. The number of hydrogen-bond donors (Lipinski definition) is 2. The summed E-state index contributed by atoms with van der Waals surface area (Å²) in [6.07, 6.45) is 2.48. The van der Waals surface area contributed by atoms with Crippen LogP contribution in [0.3, 0.4) is 0 Å². The van der Waals surface area contributed by atoms with Gasteiger partial charge in [-0.3, -0.25) is 9.69 Å². The van der Waals surface area contributed by atoms with Gasteiger partial charge in [0, 0.05) is 30.4 Å². The molecule has 2 atom stereocenters. The maximum atomic E-state index is 12.2. The summed E-state index contributed by atoms with van der Waals surface area (Å²) in [5.74, 6) is 1.51. The lowest BCUT2D eigenvalue weighted by Gasteiger charge is -2.34. The van der Waals surface area contributed by atoms with Crippen LogP contribution in [0.1, 0.15) is 24.6 Å². The van der Waals surface area contributed by atoms with E-state index in [0.717, 1.165) is 32.7 Å². The second kappa shape index (κ2) is 10.6. The number of carbonyl (C=O) groups excluding carboxylic acids is 1. The second-order valence-electron chi connectivity index (χ2n) is 6.77. The van der Waals surface area contributed by atoms with E-state index in [1.54, 1.807) is 0 Å². The predicted octanol–water partition coefficient (Wildman–Crippen LogP) is 2.78. The lowest BCUT2D eigenvalue weighted by Crippen LogP contribution is -2.50. The molecule has 2 N–H and O–H groups in total. The van der Waals surface area contributed by atoms with Crippen LogP contribution in [0, 0.1) is 17.8 Å². The first-order chi connectivity index (χ1) is 10.7. The highest BCUT2D eigenvalue weighted by atomic mass is 35.5. The molecule has 2 saturated heterocycles. The van der Waals surface area contributed by atoms with E-state index in [2.05, 4.69) is 40.0 Å². The van der Waals surface area contributed by atoms with Gasteiger partial charge in [0.05, 0.1) is 0 Å². The van der Waals surface area contributed by atoms with E-state index in [1.807, 2.05) is 11.3 Å². The second-order valence-corrected chi connectivity index (χ2v) is 7.81. The molecule has 2 aliphatic rings. The SMILES string of the molecule is CC(C(=O)NCC1CCCN(Cc2cccs2)C1)C1CNC1.Cl.Cl. The van der Waals surface area contributed by atoms with Gasteiger partial charge in [-0.25, -0.2) is 0 Å². The lowest BCUT2D eigenvalue weighted by atomic mass is 9.88. The number of rotatable bonds is 6. The van der Waals surface area contributed by atoms with Crippen LogP contribution < -0.4 is 10.6 Å². The van der Waals surface area contributed by atoms with Gasteiger partial charge in [-0.1, -0.05) is 13.0 Å². The molecule has 0 spiro atoms. The van der Waals surface area contributed by atoms with Gasteiger partial charge >= 0.3 is 0 Å². The molecule has 0 radical (unpaired) electrons. The van der Waals surface area contributed by atoms with Crippen molar-refractivity contribution in [3.05, 3.63) is 22.4 Å². The Bertz CT molecular complexity index is 482. The van der Waals surface area contributed by atoms with Crippen LogP contribution in [0.2, 0.25) is 0 Å². The van der Waals surface area contributed by atoms with E-state index in [9.17, 15) is 4.79 Å². The van der Waals surface area contributed by atoms with E-state index >= 15 is 0 Å². The highest BCUT2D eigenvalue weighted by Crippen LogP contribution is 2.20. The van der Waals surface area contributed by atoms with Gasteiger partial charge in [-0.15, -0.1) is 36.2 Å². The molecule has 1 aromatic rings. The molecule has 0 saturated carbocycles. The van der Waals surface area contributed by atoms with E-state index in [1.165, 1.54) is 24.3 Å². The summed E-state index contributed by atoms with van der Waals surface area (Å²) >= 11 is 1.83. The maximum absolute atomic E-state index is 12.2. The first-order valence-corrected chi connectivity index (χ1v) is 9.33. The average Bonchev–Trinajstić information content (AvgIpc) is 2.96. The zero-order valence-electron chi connectivity index (χ0n) is 14.2. The number of halogens is 2. The third-order valence-electron chi connectivity index (χ3n) is 5.06. The minimum absolute atomic E-state index is 0. The van der Waals surface area contributed by atoms with Gasteiger partial charge in [0.1, 0.15) is 0 Å². The molecule has 0 bridgehead atoms. The molecule has 0 aliphatic carbocycles. The molecule has 138 valence electrons. The van der Waals surface area contributed by atoms with E-state index < -0.39 is 0 Å². The highest BCUT2D eigenvalue weighted by Gasteiger charge is 2.29. The van der Waals surface area contributed by atoms with Crippen molar-refractivity contribution in [1.29, 1.82) is 0 Å². The first kappa shape index (κ1) is 21.7. The zero-order chi connectivity index (χ0) is 15.4. The van der Waals surface area contributed by atoms with Crippen LogP contribution in [0.4, 0.5) is 0 Å². The summed E-state index contributed by atoms with van der Waals surface area (Å²) in [7, 11) is 0. The normalized spacial score (nSPS) is 22.6. The fraction of sp³-hybridized carbons (Fsp3) is 0.706. The Labute approximate surface area is 161 Å². The van der Waals surface area contributed by atoms with Crippen LogP contribution in [-0.2, 0) is 11.3 Å². The van der Waals surface area contributed by atoms with Crippen molar-refractivity contribution in [2.75, 3.05) is 32.7 Å². The van der Waals surface area contributed by atoms with Gasteiger partial charge in [-0.05, 0) is 55.8 Å². The summed E-state index contributed by atoms with van der Waals surface area (Å²) in [6, 6.07) is 4.34. The highest BCUT2D eigenvalue weighted by molar-refractivity contribution is 7.09. The Hall–Kier alpha value is -0.330. The topological polar surface area (TPSA) is 44.4 Å². The minimum atomic E-state index is 0. The van der Waals surface area contributed by atoms with Gasteiger partial charge in [0.2, 0.25) is 5.91 Å². The fourth-order valence-electron chi connectivity index (χ4n) is 3.37. The van der Waals surface area contributed by atoms with Gasteiger partial charge in [-0.2, -0.15) is 0 Å². The molecule has 24 heavy (non-hydrogen) atoms. The summed E-state index contributed by atoms with van der Waals surface area (Å²) in [6.45, 7) is 8.24. The number of nitrogens with one attached hydrogen (secondary N) is 2. The van der Waals surface area contributed by atoms with Crippen LogP contribution in [-0.4, -0.2) is 43.5 Å². The third kappa shape index (κ3) is 5.88. The van der Waals surface area contributed by atoms with Gasteiger partial charge in [0.25, 0.3) is 0 Å². The zero-order valence-corrected chi connectivity index (χ0v) is 16.7. The van der Waals surface area contributed by atoms with Gasteiger partial charge < -0.3 is 10.6 Å². The average molecular weight is 394 g/mol. The van der Waals surface area contributed by atoms with E-state index in [4.69, 9.17) is 0 Å². The van der Waals surface area contributed by atoms with Crippen LogP contribution in [0.15, 0.2) is 17.5 Å². The van der Waals surface area contributed by atoms with Crippen molar-refractivity contribution >= 4 is 42.1 Å². The molecule has 4 nitrogen and oxygen atoms in total.